The molecule has 0 aliphatic carbocycles. The number of hydrogen-bond donors (Lipinski definition) is 1. The van der Waals surface area contributed by atoms with Crippen LogP contribution in [0.25, 0.3) is 0 Å². The van der Waals surface area contributed by atoms with Crippen LogP contribution in [0.5, 0.6) is 5.75 Å². The van der Waals surface area contributed by atoms with E-state index in [2.05, 4.69) is 0 Å². The molecular weight excluding hydrogens is 276 g/mol. The molecule has 0 aromatic heterocycles. The first kappa shape index (κ1) is 14.3. The lowest BCUT2D eigenvalue weighted by atomic mass is 10.3. The van der Waals surface area contributed by atoms with E-state index in [0.29, 0.717) is 5.56 Å². The summed E-state index contributed by atoms with van der Waals surface area (Å²) in [6.07, 6.45) is 0. The van der Waals surface area contributed by atoms with Crippen LogP contribution in [-0.4, -0.2) is 13.5 Å². The Morgan fingerprint density at radius 3 is 2.35 bits per heavy atom. The smallest absolute Gasteiger partial charge is 0.220 e. The van der Waals surface area contributed by atoms with Crippen molar-refractivity contribution in [3.8, 4) is 5.75 Å². The molecule has 2 aromatic carbocycles. The standard InChI is InChI=1S/C15H14O4S/c1-11-7-8-12(15(17)14(16)9-11)10-20(18,19)13-5-3-2-4-6-13/h2-9H,10H2,1H3,(H,16,17). The minimum atomic E-state index is -3.59. The quantitative estimate of drug-likeness (QED) is 0.939. The van der Waals surface area contributed by atoms with Crippen molar-refractivity contribution in [3.05, 3.63) is 69.9 Å². The molecule has 0 aliphatic rings. The molecule has 20 heavy (non-hydrogen) atoms. The lowest BCUT2D eigenvalue weighted by Gasteiger charge is -2.04. The highest BCUT2D eigenvalue weighted by Gasteiger charge is 2.17. The van der Waals surface area contributed by atoms with Crippen molar-refractivity contribution in [3.63, 3.8) is 0 Å². The van der Waals surface area contributed by atoms with Gasteiger partial charge in [0.05, 0.1) is 10.6 Å². The summed E-state index contributed by atoms with van der Waals surface area (Å²) in [5, 5.41) is 9.82. The van der Waals surface area contributed by atoms with Gasteiger partial charge in [0, 0.05) is 5.56 Å². The molecule has 5 heteroatoms. The van der Waals surface area contributed by atoms with Gasteiger partial charge in [0.1, 0.15) is 0 Å². The summed E-state index contributed by atoms with van der Waals surface area (Å²) in [6, 6.07) is 12.3. The highest BCUT2D eigenvalue weighted by molar-refractivity contribution is 7.90. The van der Waals surface area contributed by atoms with E-state index < -0.39 is 26.8 Å². The number of rotatable bonds is 3. The Bertz CT molecular complexity index is 781. The molecule has 0 bridgehead atoms. The van der Waals surface area contributed by atoms with E-state index in [-0.39, 0.29) is 10.5 Å². The van der Waals surface area contributed by atoms with Gasteiger partial charge < -0.3 is 5.11 Å². The Labute approximate surface area is 117 Å². The van der Waals surface area contributed by atoms with Crippen molar-refractivity contribution in [2.24, 2.45) is 0 Å². The Morgan fingerprint density at radius 1 is 1.05 bits per heavy atom. The van der Waals surface area contributed by atoms with E-state index in [9.17, 15) is 18.3 Å². The maximum absolute atomic E-state index is 12.2. The average Bonchev–Trinajstić information content (AvgIpc) is 2.53. The fraction of sp³-hybridized carbons (Fsp3) is 0.133. The molecule has 2 aromatic rings. The molecule has 104 valence electrons. The third kappa shape index (κ3) is 3.05. The van der Waals surface area contributed by atoms with Crippen LogP contribution < -0.4 is 5.43 Å². The summed E-state index contributed by atoms with van der Waals surface area (Å²) < 4.78 is 24.5. The van der Waals surface area contributed by atoms with Gasteiger partial charge in [-0.2, -0.15) is 0 Å². The molecule has 0 spiro atoms. The first-order valence-electron chi connectivity index (χ1n) is 6.01. The normalized spacial score (nSPS) is 11.2. The molecule has 0 heterocycles. The van der Waals surface area contributed by atoms with Crippen LogP contribution in [-0.2, 0) is 15.6 Å². The minimum absolute atomic E-state index is 0.104. The molecule has 0 unspecified atom stereocenters. The summed E-state index contributed by atoms with van der Waals surface area (Å²) >= 11 is 0. The van der Waals surface area contributed by atoms with Crippen LogP contribution >= 0.6 is 0 Å². The zero-order chi connectivity index (χ0) is 14.8. The van der Waals surface area contributed by atoms with E-state index >= 15 is 0 Å². The van der Waals surface area contributed by atoms with Gasteiger partial charge in [-0.15, -0.1) is 0 Å². The summed E-state index contributed by atoms with van der Waals surface area (Å²) in [4.78, 5) is 11.8. The van der Waals surface area contributed by atoms with Gasteiger partial charge in [0.15, 0.2) is 15.6 Å². The first-order chi connectivity index (χ1) is 9.40. The minimum Gasteiger partial charge on any atom is -0.504 e. The molecular formula is C15H14O4S. The number of aromatic hydroxyl groups is 1. The van der Waals surface area contributed by atoms with Crippen LogP contribution in [0, 0.1) is 6.92 Å². The Balaban J connectivity index is 2.49. The fourth-order valence-electron chi connectivity index (χ4n) is 1.82. The molecule has 2 rings (SSSR count). The topological polar surface area (TPSA) is 71.4 Å². The van der Waals surface area contributed by atoms with E-state index in [0.717, 1.165) is 0 Å². The highest BCUT2D eigenvalue weighted by atomic mass is 32.2. The number of aryl methyl sites for hydroxylation is 1. The summed E-state index contributed by atoms with van der Waals surface area (Å²) in [6.45, 7) is 1.70. The summed E-state index contributed by atoms with van der Waals surface area (Å²) in [5.74, 6) is -0.927. The first-order valence-corrected chi connectivity index (χ1v) is 7.66. The van der Waals surface area contributed by atoms with Crippen molar-refractivity contribution < 1.29 is 13.5 Å². The molecule has 0 fully saturated rings. The van der Waals surface area contributed by atoms with E-state index in [1.54, 1.807) is 31.2 Å². The Hall–Kier alpha value is -2.14. The van der Waals surface area contributed by atoms with Crippen molar-refractivity contribution in [2.45, 2.75) is 17.6 Å². The molecule has 4 nitrogen and oxygen atoms in total. The maximum Gasteiger partial charge on any atom is 0.220 e. The van der Waals surface area contributed by atoms with Crippen LogP contribution in [0.2, 0.25) is 0 Å². The van der Waals surface area contributed by atoms with Gasteiger partial charge in [-0.1, -0.05) is 30.3 Å². The van der Waals surface area contributed by atoms with Gasteiger partial charge in [0.2, 0.25) is 5.43 Å². The highest BCUT2D eigenvalue weighted by Crippen LogP contribution is 2.20. The molecule has 0 saturated heterocycles. The Morgan fingerprint density at radius 2 is 1.70 bits per heavy atom. The SMILES string of the molecule is Cc1ccc(CS(=O)(=O)c2ccccc2)c(O)c(=O)c1. The summed E-state index contributed by atoms with van der Waals surface area (Å²) in [7, 11) is -3.59. The lowest BCUT2D eigenvalue weighted by Crippen LogP contribution is -2.06. The molecule has 0 radical (unpaired) electrons. The predicted octanol–water partition coefficient (Wildman–Crippen LogP) is 2.03. The van der Waals surface area contributed by atoms with Crippen molar-refractivity contribution >= 4 is 9.84 Å². The fourth-order valence-corrected chi connectivity index (χ4v) is 3.21. The van der Waals surface area contributed by atoms with Crippen molar-refractivity contribution in [2.75, 3.05) is 0 Å². The second-order valence-electron chi connectivity index (χ2n) is 4.53. The number of benzene rings is 1. The van der Waals surface area contributed by atoms with E-state index in [1.165, 1.54) is 24.3 Å². The average molecular weight is 290 g/mol. The molecule has 0 atom stereocenters. The number of sulfone groups is 1. The lowest BCUT2D eigenvalue weighted by molar-refractivity contribution is 0.465. The van der Waals surface area contributed by atoms with Crippen LogP contribution in [0.15, 0.2) is 58.2 Å². The second kappa shape index (κ2) is 5.46. The van der Waals surface area contributed by atoms with Gasteiger partial charge in [-0.25, -0.2) is 8.42 Å². The third-order valence-corrected chi connectivity index (χ3v) is 4.57. The van der Waals surface area contributed by atoms with Crippen LogP contribution in [0.4, 0.5) is 0 Å². The van der Waals surface area contributed by atoms with E-state index in [4.69, 9.17) is 0 Å². The van der Waals surface area contributed by atoms with Crippen molar-refractivity contribution in [1.29, 1.82) is 0 Å². The zero-order valence-corrected chi connectivity index (χ0v) is 11.7. The zero-order valence-electron chi connectivity index (χ0n) is 10.9. The van der Waals surface area contributed by atoms with Crippen molar-refractivity contribution in [1.82, 2.24) is 0 Å². The number of hydrogen-bond acceptors (Lipinski definition) is 4. The molecule has 1 N–H and O–H groups in total. The van der Waals surface area contributed by atoms with Gasteiger partial charge >= 0.3 is 0 Å². The van der Waals surface area contributed by atoms with Crippen LogP contribution in [0.1, 0.15) is 11.1 Å². The van der Waals surface area contributed by atoms with Gasteiger partial charge in [-0.3, -0.25) is 4.79 Å². The largest absolute Gasteiger partial charge is 0.504 e. The molecule has 0 amide bonds. The Kier molecular flexibility index (Phi) is 3.90. The molecule has 0 saturated carbocycles. The second-order valence-corrected chi connectivity index (χ2v) is 6.52. The van der Waals surface area contributed by atoms with Gasteiger partial charge in [-0.05, 0) is 30.7 Å². The third-order valence-electron chi connectivity index (χ3n) is 2.89. The maximum atomic E-state index is 12.2. The predicted molar refractivity (Wildman–Crippen MR) is 76.4 cm³/mol. The monoisotopic (exact) mass is 290 g/mol. The van der Waals surface area contributed by atoms with Gasteiger partial charge in [0.25, 0.3) is 0 Å². The van der Waals surface area contributed by atoms with E-state index in [1.807, 2.05) is 0 Å². The summed E-state index contributed by atoms with van der Waals surface area (Å²) in [5.41, 5.74) is 0.186. The molecule has 0 aliphatic heterocycles. The van der Waals surface area contributed by atoms with Crippen LogP contribution in [0.3, 0.4) is 0 Å².